The molecule has 0 N–H and O–H groups in total. The van der Waals surface area contributed by atoms with Gasteiger partial charge >= 0.3 is 0 Å². The van der Waals surface area contributed by atoms with Crippen LogP contribution in [0.3, 0.4) is 0 Å². The summed E-state index contributed by atoms with van der Waals surface area (Å²) in [4.78, 5) is 0. The molecule has 0 amide bonds. The Morgan fingerprint density at radius 3 is 1.68 bits per heavy atom. The summed E-state index contributed by atoms with van der Waals surface area (Å²) in [6.45, 7) is 0. The summed E-state index contributed by atoms with van der Waals surface area (Å²) in [6, 6.07) is 46.8. The molecule has 0 bridgehead atoms. The van der Waals surface area contributed by atoms with Gasteiger partial charge in [0, 0.05) is 27.2 Å². The Labute approximate surface area is 213 Å². The lowest BCUT2D eigenvalue weighted by atomic mass is 9.95. The standard InChI is InChI=1S/C36H21N/c1-2-11-22(12-3-1)37-35-30-20-10-19-27-24-14-4-5-16-26(24)31(33(27)30)21-32(35)34-28-17-8-6-13-23(28)25-15-7-9-18-29(25)36(34)37/h1-21H. The van der Waals surface area contributed by atoms with E-state index in [-0.39, 0.29) is 0 Å². The van der Waals surface area contributed by atoms with Gasteiger partial charge < -0.3 is 4.57 Å². The number of aromatic nitrogens is 1. The largest absolute Gasteiger partial charge is 0.308 e. The highest BCUT2D eigenvalue weighted by Crippen LogP contribution is 2.52. The fourth-order valence-electron chi connectivity index (χ4n) is 6.87. The van der Waals surface area contributed by atoms with Gasteiger partial charge in [0.1, 0.15) is 0 Å². The van der Waals surface area contributed by atoms with Crippen LogP contribution in [-0.4, -0.2) is 4.57 Å². The molecule has 0 saturated carbocycles. The van der Waals surface area contributed by atoms with Crippen LogP contribution in [0.15, 0.2) is 127 Å². The van der Waals surface area contributed by atoms with Crippen molar-refractivity contribution in [1.82, 2.24) is 4.57 Å². The average Bonchev–Trinajstić information content (AvgIpc) is 3.49. The average molecular weight is 468 g/mol. The third kappa shape index (κ3) is 2.34. The second kappa shape index (κ2) is 6.87. The number of benzene rings is 7. The Morgan fingerprint density at radius 2 is 0.892 bits per heavy atom. The van der Waals surface area contributed by atoms with Crippen LogP contribution >= 0.6 is 0 Å². The Hall–Kier alpha value is -4.88. The Balaban J connectivity index is 1.66. The molecule has 0 fully saturated rings. The predicted molar refractivity (Wildman–Crippen MR) is 158 cm³/mol. The molecule has 0 saturated heterocycles. The number of hydrogen-bond donors (Lipinski definition) is 0. The second-order valence-corrected chi connectivity index (χ2v) is 10.1. The predicted octanol–water partition coefficient (Wildman–Crippen LogP) is 9.89. The van der Waals surface area contributed by atoms with Crippen LogP contribution in [0, 0.1) is 0 Å². The van der Waals surface area contributed by atoms with Gasteiger partial charge in [-0.05, 0) is 62.0 Å². The van der Waals surface area contributed by atoms with Gasteiger partial charge in [0.2, 0.25) is 0 Å². The van der Waals surface area contributed by atoms with E-state index in [1.807, 2.05) is 0 Å². The van der Waals surface area contributed by atoms with E-state index in [0.717, 1.165) is 0 Å². The van der Waals surface area contributed by atoms with E-state index < -0.39 is 0 Å². The fraction of sp³-hybridized carbons (Fsp3) is 0. The Kier molecular flexibility index (Phi) is 3.59. The van der Waals surface area contributed by atoms with Crippen molar-refractivity contribution in [2.45, 2.75) is 0 Å². The quantitative estimate of drug-likeness (QED) is 0.212. The van der Waals surface area contributed by atoms with E-state index in [9.17, 15) is 0 Å². The van der Waals surface area contributed by atoms with Crippen molar-refractivity contribution in [1.29, 1.82) is 0 Å². The van der Waals surface area contributed by atoms with Crippen LogP contribution in [0.25, 0.3) is 82.1 Å². The summed E-state index contributed by atoms with van der Waals surface area (Å²) >= 11 is 0. The fourth-order valence-corrected chi connectivity index (χ4v) is 6.87. The maximum atomic E-state index is 2.52. The highest BCUT2D eigenvalue weighted by Gasteiger charge is 2.26. The lowest BCUT2D eigenvalue weighted by molar-refractivity contribution is 1.19. The lowest BCUT2D eigenvalue weighted by Gasteiger charge is -2.13. The van der Waals surface area contributed by atoms with E-state index in [4.69, 9.17) is 0 Å². The maximum absolute atomic E-state index is 2.52. The minimum atomic E-state index is 1.19. The molecule has 1 heteroatoms. The first kappa shape index (κ1) is 19.3. The highest BCUT2D eigenvalue weighted by molar-refractivity contribution is 6.36. The third-order valence-corrected chi connectivity index (χ3v) is 8.28. The normalized spacial score (nSPS) is 12.3. The molecule has 0 unspecified atom stereocenters. The number of hydrogen-bond acceptors (Lipinski definition) is 0. The molecule has 8 aromatic rings. The molecule has 37 heavy (non-hydrogen) atoms. The molecule has 1 nitrogen and oxygen atoms in total. The topological polar surface area (TPSA) is 4.93 Å². The van der Waals surface area contributed by atoms with Gasteiger partial charge in [-0.3, -0.25) is 0 Å². The van der Waals surface area contributed by atoms with Gasteiger partial charge in [-0.25, -0.2) is 0 Å². The first-order valence-electron chi connectivity index (χ1n) is 12.9. The molecule has 9 rings (SSSR count). The van der Waals surface area contributed by atoms with Crippen molar-refractivity contribution in [2.75, 3.05) is 0 Å². The third-order valence-electron chi connectivity index (χ3n) is 8.28. The molecular weight excluding hydrogens is 446 g/mol. The first-order valence-corrected chi connectivity index (χ1v) is 12.9. The van der Waals surface area contributed by atoms with Gasteiger partial charge in [-0.2, -0.15) is 0 Å². The van der Waals surface area contributed by atoms with Crippen LogP contribution in [0.1, 0.15) is 0 Å². The number of fused-ring (bicyclic) bond motifs is 12. The maximum Gasteiger partial charge on any atom is 0.0626 e. The van der Waals surface area contributed by atoms with Crippen molar-refractivity contribution < 1.29 is 0 Å². The van der Waals surface area contributed by atoms with E-state index in [1.165, 1.54) is 82.1 Å². The Morgan fingerprint density at radius 1 is 0.324 bits per heavy atom. The molecule has 0 aliphatic heterocycles. The van der Waals surface area contributed by atoms with Crippen LogP contribution in [0.4, 0.5) is 0 Å². The van der Waals surface area contributed by atoms with E-state index in [0.29, 0.717) is 0 Å². The van der Waals surface area contributed by atoms with Gasteiger partial charge in [-0.15, -0.1) is 0 Å². The highest BCUT2D eigenvalue weighted by atomic mass is 15.0. The molecule has 0 spiro atoms. The minimum Gasteiger partial charge on any atom is -0.308 e. The van der Waals surface area contributed by atoms with Crippen molar-refractivity contribution >= 4 is 54.1 Å². The van der Waals surface area contributed by atoms with Crippen molar-refractivity contribution in [3.05, 3.63) is 127 Å². The summed E-state index contributed by atoms with van der Waals surface area (Å²) in [5.74, 6) is 0. The summed E-state index contributed by atoms with van der Waals surface area (Å²) in [6.07, 6.45) is 0. The summed E-state index contributed by atoms with van der Waals surface area (Å²) in [5, 5.41) is 10.5. The molecule has 1 aliphatic carbocycles. The minimum absolute atomic E-state index is 1.19. The van der Waals surface area contributed by atoms with Crippen LogP contribution in [-0.2, 0) is 0 Å². The molecular formula is C36H21N. The van der Waals surface area contributed by atoms with Gasteiger partial charge in [0.15, 0.2) is 0 Å². The molecule has 1 heterocycles. The van der Waals surface area contributed by atoms with Crippen molar-refractivity contribution in [3.63, 3.8) is 0 Å². The molecule has 0 atom stereocenters. The number of para-hydroxylation sites is 1. The molecule has 1 aromatic heterocycles. The zero-order chi connectivity index (χ0) is 24.1. The second-order valence-electron chi connectivity index (χ2n) is 10.1. The summed E-state index contributed by atoms with van der Waals surface area (Å²) in [5.41, 5.74) is 9.12. The van der Waals surface area contributed by atoms with Gasteiger partial charge in [0.25, 0.3) is 0 Å². The van der Waals surface area contributed by atoms with Crippen LogP contribution in [0.2, 0.25) is 0 Å². The van der Waals surface area contributed by atoms with Crippen LogP contribution < -0.4 is 0 Å². The molecule has 0 radical (unpaired) electrons. The van der Waals surface area contributed by atoms with Crippen LogP contribution in [0.5, 0.6) is 0 Å². The zero-order valence-electron chi connectivity index (χ0n) is 20.1. The monoisotopic (exact) mass is 467 g/mol. The first-order chi connectivity index (χ1) is 18.4. The zero-order valence-corrected chi connectivity index (χ0v) is 20.1. The van der Waals surface area contributed by atoms with E-state index in [1.54, 1.807) is 0 Å². The summed E-state index contributed by atoms with van der Waals surface area (Å²) < 4.78 is 2.52. The van der Waals surface area contributed by atoms with Gasteiger partial charge in [0.05, 0.1) is 11.0 Å². The van der Waals surface area contributed by atoms with Crippen molar-refractivity contribution in [3.8, 4) is 27.9 Å². The lowest BCUT2D eigenvalue weighted by Crippen LogP contribution is -1.95. The molecule has 170 valence electrons. The van der Waals surface area contributed by atoms with E-state index >= 15 is 0 Å². The SMILES string of the molecule is c1ccc(-n2c3c4cccc5c4c(cc3c3c4ccccc4c4ccccc4c32)-c2ccccc2-5)cc1. The van der Waals surface area contributed by atoms with E-state index in [2.05, 4.69) is 132 Å². The smallest absolute Gasteiger partial charge is 0.0626 e. The molecule has 1 aliphatic rings. The van der Waals surface area contributed by atoms with Crippen molar-refractivity contribution in [2.24, 2.45) is 0 Å². The number of nitrogens with zero attached hydrogens (tertiary/aromatic N) is 1. The Bertz CT molecular complexity index is 2230. The number of rotatable bonds is 1. The molecule has 7 aromatic carbocycles. The summed E-state index contributed by atoms with van der Waals surface area (Å²) in [7, 11) is 0. The van der Waals surface area contributed by atoms with Gasteiger partial charge in [-0.1, -0.05) is 109 Å².